The van der Waals surface area contributed by atoms with Gasteiger partial charge in [0.05, 0.1) is 17.1 Å². The van der Waals surface area contributed by atoms with Crippen LogP contribution in [0, 0.1) is 0 Å². The second-order valence-corrected chi connectivity index (χ2v) is 7.47. The highest BCUT2D eigenvalue weighted by Gasteiger charge is 2.15. The lowest BCUT2D eigenvalue weighted by molar-refractivity contribution is -0.127. The molecule has 7 nitrogen and oxygen atoms in total. The highest BCUT2D eigenvalue weighted by atomic mass is 32.2. The number of carbonyl (C=O) groups excluding carboxylic acids is 2. The van der Waals surface area contributed by atoms with E-state index in [0.29, 0.717) is 11.7 Å². The Morgan fingerprint density at radius 1 is 1.07 bits per heavy atom. The molecule has 0 bridgehead atoms. The van der Waals surface area contributed by atoms with Crippen molar-refractivity contribution in [2.75, 3.05) is 5.75 Å². The van der Waals surface area contributed by atoms with Gasteiger partial charge in [-0.25, -0.2) is 0 Å². The summed E-state index contributed by atoms with van der Waals surface area (Å²) in [6.07, 6.45) is 0.211. The van der Waals surface area contributed by atoms with E-state index in [-0.39, 0.29) is 24.0 Å². The smallest absolute Gasteiger partial charge is 0.248 e. The molecule has 0 saturated heterocycles. The van der Waals surface area contributed by atoms with Crippen molar-refractivity contribution in [2.24, 2.45) is 0 Å². The van der Waals surface area contributed by atoms with E-state index in [9.17, 15) is 9.59 Å². The molecule has 2 N–H and O–H groups in total. The average molecular weight is 402 g/mol. The summed E-state index contributed by atoms with van der Waals surface area (Å²) in [5.74, 6) is 0.362. The number of hydrogen-bond acceptors (Lipinski definition) is 6. The Balaban J connectivity index is 1.49. The Bertz CT molecular complexity index is 894. The monoisotopic (exact) mass is 401 g/mol. The minimum atomic E-state index is -0.301. The van der Waals surface area contributed by atoms with Crippen LogP contribution < -0.4 is 10.9 Å². The number of carbonyl (C=O) groups is 2. The fourth-order valence-electron chi connectivity index (χ4n) is 2.40. The first-order valence-electron chi connectivity index (χ1n) is 8.39. The third kappa shape index (κ3) is 5.18. The predicted octanol–water partition coefficient (Wildman–Crippen LogP) is 2.51. The van der Waals surface area contributed by atoms with E-state index >= 15 is 0 Å². The lowest BCUT2D eigenvalue weighted by Gasteiger charge is -2.08. The van der Waals surface area contributed by atoms with Gasteiger partial charge in [-0.3, -0.25) is 20.4 Å². The molecule has 0 atom stereocenters. The normalized spacial score (nSPS) is 10.6. The fraction of sp³-hybridized carbons (Fsp3) is 0.222. The van der Waals surface area contributed by atoms with Crippen LogP contribution in [0.1, 0.15) is 12.5 Å². The summed E-state index contributed by atoms with van der Waals surface area (Å²) in [5.41, 5.74) is 5.75. The topological polar surface area (TPSA) is 88.9 Å². The Morgan fingerprint density at radius 2 is 1.85 bits per heavy atom. The molecule has 3 rings (SSSR count). The van der Waals surface area contributed by atoms with Crippen LogP contribution in [0.3, 0.4) is 0 Å². The van der Waals surface area contributed by atoms with Gasteiger partial charge in [-0.05, 0) is 23.9 Å². The van der Waals surface area contributed by atoms with Crippen LogP contribution in [-0.4, -0.2) is 32.3 Å². The number of rotatable bonds is 7. The van der Waals surface area contributed by atoms with E-state index in [4.69, 9.17) is 0 Å². The molecule has 0 unspecified atom stereocenters. The molecular weight excluding hydrogens is 382 g/mol. The first-order valence-corrected chi connectivity index (χ1v) is 10.3. The van der Waals surface area contributed by atoms with Crippen molar-refractivity contribution in [1.82, 2.24) is 25.6 Å². The van der Waals surface area contributed by atoms with Crippen molar-refractivity contribution in [3.63, 3.8) is 0 Å². The largest absolute Gasteiger partial charge is 0.302 e. The van der Waals surface area contributed by atoms with Crippen molar-refractivity contribution in [3.05, 3.63) is 53.4 Å². The van der Waals surface area contributed by atoms with E-state index < -0.39 is 0 Å². The molecule has 1 aromatic carbocycles. The van der Waals surface area contributed by atoms with Crippen molar-refractivity contribution in [2.45, 2.75) is 25.0 Å². The second kappa shape index (κ2) is 9.33. The average Bonchev–Trinajstić information content (AvgIpc) is 3.34. The second-order valence-electron chi connectivity index (χ2n) is 5.58. The summed E-state index contributed by atoms with van der Waals surface area (Å²) >= 11 is 2.88. The zero-order valence-electron chi connectivity index (χ0n) is 14.7. The van der Waals surface area contributed by atoms with E-state index in [0.717, 1.165) is 16.3 Å². The molecule has 0 radical (unpaired) electrons. The zero-order valence-corrected chi connectivity index (χ0v) is 16.3. The number of benzene rings is 1. The van der Waals surface area contributed by atoms with Gasteiger partial charge in [0.15, 0.2) is 11.0 Å². The van der Waals surface area contributed by atoms with Crippen LogP contribution in [0.15, 0.2) is 53.0 Å². The van der Waals surface area contributed by atoms with Gasteiger partial charge in [-0.1, -0.05) is 48.2 Å². The summed E-state index contributed by atoms with van der Waals surface area (Å²) in [7, 11) is 0. The summed E-state index contributed by atoms with van der Waals surface area (Å²) in [6, 6.07) is 13.3. The van der Waals surface area contributed by atoms with Crippen LogP contribution in [0.5, 0.6) is 0 Å². The highest BCUT2D eigenvalue weighted by molar-refractivity contribution is 7.99. The first kappa shape index (κ1) is 19.1. The molecule has 2 aromatic heterocycles. The summed E-state index contributed by atoms with van der Waals surface area (Å²) < 4.78 is 1.97. The van der Waals surface area contributed by atoms with Crippen molar-refractivity contribution in [3.8, 4) is 10.7 Å². The number of amides is 2. The van der Waals surface area contributed by atoms with Crippen LogP contribution >= 0.6 is 23.1 Å². The van der Waals surface area contributed by atoms with Gasteiger partial charge >= 0.3 is 0 Å². The molecule has 2 amide bonds. The third-order valence-corrected chi connectivity index (χ3v) is 5.49. The van der Waals surface area contributed by atoms with Gasteiger partial charge in [-0.2, -0.15) is 0 Å². The van der Waals surface area contributed by atoms with Gasteiger partial charge in [-0.15, -0.1) is 21.5 Å². The lowest BCUT2D eigenvalue weighted by Crippen LogP contribution is -2.43. The molecule has 9 heteroatoms. The Kier molecular flexibility index (Phi) is 6.61. The SMILES string of the molecule is CCn1c(SCC(=O)NNC(=O)Cc2ccccc2)nnc1-c1cccs1. The molecule has 3 aromatic rings. The fourth-order valence-corrected chi connectivity index (χ4v) is 3.92. The summed E-state index contributed by atoms with van der Waals surface area (Å²) in [5, 5.41) is 11.1. The van der Waals surface area contributed by atoms with E-state index in [1.807, 2.05) is 59.3 Å². The van der Waals surface area contributed by atoms with Crippen LogP contribution in [-0.2, 0) is 22.6 Å². The first-order chi connectivity index (χ1) is 13.2. The molecule has 0 aliphatic heterocycles. The van der Waals surface area contributed by atoms with Crippen molar-refractivity contribution >= 4 is 34.9 Å². The molecule has 0 aliphatic rings. The van der Waals surface area contributed by atoms with E-state index in [2.05, 4.69) is 21.0 Å². The van der Waals surface area contributed by atoms with E-state index in [1.165, 1.54) is 11.8 Å². The minimum Gasteiger partial charge on any atom is -0.302 e. The highest BCUT2D eigenvalue weighted by Crippen LogP contribution is 2.26. The molecule has 0 spiro atoms. The van der Waals surface area contributed by atoms with Crippen molar-refractivity contribution < 1.29 is 9.59 Å². The zero-order chi connectivity index (χ0) is 19.1. The number of hydrogen-bond donors (Lipinski definition) is 2. The molecule has 2 heterocycles. The summed E-state index contributed by atoms with van der Waals surface area (Å²) in [6.45, 7) is 2.71. The number of nitrogens with one attached hydrogen (secondary N) is 2. The van der Waals surface area contributed by atoms with Gasteiger partial charge < -0.3 is 4.57 Å². The predicted molar refractivity (Wildman–Crippen MR) is 106 cm³/mol. The third-order valence-electron chi connectivity index (χ3n) is 3.66. The maximum absolute atomic E-state index is 12.0. The number of nitrogens with zero attached hydrogens (tertiary/aromatic N) is 3. The Morgan fingerprint density at radius 3 is 2.56 bits per heavy atom. The summed E-state index contributed by atoms with van der Waals surface area (Å²) in [4.78, 5) is 24.9. The molecule has 0 fully saturated rings. The lowest BCUT2D eigenvalue weighted by atomic mass is 10.1. The quantitative estimate of drug-likeness (QED) is 0.469. The molecule has 140 valence electrons. The number of thioether (sulfide) groups is 1. The van der Waals surface area contributed by atoms with Crippen LogP contribution in [0.25, 0.3) is 10.7 Å². The standard InChI is InChI=1S/C18H19N5O2S2/c1-2-23-17(14-9-6-10-26-14)21-22-18(23)27-12-16(25)20-19-15(24)11-13-7-4-3-5-8-13/h3-10H,2,11-12H2,1H3,(H,19,24)(H,20,25). The molecule has 0 saturated carbocycles. The number of thiophene rings is 1. The van der Waals surface area contributed by atoms with Gasteiger partial charge in [0.2, 0.25) is 11.8 Å². The van der Waals surface area contributed by atoms with Gasteiger partial charge in [0, 0.05) is 6.54 Å². The molecular formula is C18H19N5O2S2. The van der Waals surface area contributed by atoms with Crippen LogP contribution in [0.4, 0.5) is 0 Å². The van der Waals surface area contributed by atoms with Crippen molar-refractivity contribution in [1.29, 1.82) is 0 Å². The van der Waals surface area contributed by atoms with E-state index in [1.54, 1.807) is 11.3 Å². The Hall–Kier alpha value is -2.65. The molecule has 27 heavy (non-hydrogen) atoms. The van der Waals surface area contributed by atoms with Gasteiger partial charge in [0.1, 0.15) is 0 Å². The maximum atomic E-state index is 12.0. The van der Waals surface area contributed by atoms with Gasteiger partial charge in [0.25, 0.3) is 0 Å². The number of aromatic nitrogens is 3. The minimum absolute atomic E-state index is 0.133. The maximum Gasteiger partial charge on any atom is 0.248 e. The number of hydrazine groups is 1. The van der Waals surface area contributed by atoms with Crippen LogP contribution in [0.2, 0.25) is 0 Å². The molecule has 0 aliphatic carbocycles. The Labute approximate surface area is 165 Å².